The zero-order chi connectivity index (χ0) is 15.5. The molecule has 1 aromatic heterocycles. The Kier molecular flexibility index (Phi) is 4.93. The lowest BCUT2D eigenvalue weighted by atomic mass is 9.76. The first-order valence-corrected chi connectivity index (χ1v) is 8.28. The van der Waals surface area contributed by atoms with Crippen molar-refractivity contribution in [1.29, 1.82) is 0 Å². The zero-order valence-corrected chi connectivity index (χ0v) is 13.7. The molecule has 0 unspecified atom stereocenters. The normalized spacial score (nSPS) is 18.2. The van der Waals surface area contributed by atoms with Crippen LogP contribution in [0.1, 0.15) is 49.2 Å². The van der Waals surface area contributed by atoms with Gasteiger partial charge in [-0.3, -0.25) is 4.79 Å². The van der Waals surface area contributed by atoms with Crippen molar-refractivity contribution in [2.24, 2.45) is 5.41 Å². The Balaban J connectivity index is 1.96. The van der Waals surface area contributed by atoms with Crippen molar-refractivity contribution in [3.05, 3.63) is 23.6 Å². The predicted octanol–water partition coefficient (Wildman–Crippen LogP) is 3.63. The lowest BCUT2D eigenvalue weighted by molar-refractivity contribution is 0.0963. The number of nitrogens with one attached hydrogen (secondary N) is 2. The third-order valence-corrected chi connectivity index (χ3v) is 5.14. The minimum atomic E-state index is -0.129. The molecule has 0 atom stereocenters. The number of anilines is 2. The van der Waals surface area contributed by atoms with Crippen LogP contribution < -0.4 is 16.4 Å². The highest BCUT2D eigenvalue weighted by molar-refractivity contribution is 7.18. The van der Waals surface area contributed by atoms with E-state index in [9.17, 15) is 4.79 Å². The molecule has 1 aromatic rings. The van der Waals surface area contributed by atoms with E-state index in [-0.39, 0.29) is 5.91 Å². The summed E-state index contributed by atoms with van der Waals surface area (Å²) in [6.45, 7) is 8.70. The fourth-order valence-electron chi connectivity index (χ4n) is 2.64. The van der Waals surface area contributed by atoms with Crippen LogP contribution in [-0.4, -0.2) is 18.5 Å². The van der Waals surface area contributed by atoms with Crippen LogP contribution in [0.25, 0.3) is 0 Å². The van der Waals surface area contributed by atoms with Crippen molar-refractivity contribution in [2.75, 3.05) is 17.6 Å². The SMILES string of the molecule is C=CCNC(=O)c1sc(NC2CCC(C)(C)CC2)cc1N. The van der Waals surface area contributed by atoms with Crippen LogP contribution in [0.2, 0.25) is 0 Å². The third-order valence-electron chi connectivity index (χ3n) is 4.06. The summed E-state index contributed by atoms with van der Waals surface area (Å²) in [5, 5.41) is 7.28. The zero-order valence-electron chi connectivity index (χ0n) is 12.9. The quantitative estimate of drug-likeness (QED) is 0.728. The minimum absolute atomic E-state index is 0.129. The van der Waals surface area contributed by atoms with E-state index in [1.165, 1.54) is 37.0 Å². The van der Waals surface area contributed by atoms with Gasteiger partial charge in [0.1, 0.15) is 4.88 Å². The highest BCUT2D eigenvalue weighted by atomic mass is 32.1. The van der Waals surface area contributed by atoms with Gasteiger partial charge in [0.2, 0.25) is 0 Å². The highest BCUT2D eigenvalue weighted by Gasteiger charge is 2.27. The summed E-state index contributed by atoms with van der Waals surface area (Å²) in [4.78, 5) is 12.5. The van der Waals surface area contributed by atoms with Crippen LogP contribution in [-0.2, 0) is 0 Å². The lowest BCUT2D eigenvalue weighted by Crippen LogP contribution is -2.29. The lowest BCUT2D eigenvalue weighted by Gasteiger charge is -2.34. The third kappa shape index (κ3) is 4.24. The molecular weight excluding hydrogens is 282 g/mol. The number of rotatable bonds is 5. The van der Waals surface area contributed by atoms with E-state index in [0.717, 1.165) is 5.00 Å². The number of hydrogen-bond donors (Lipinski definition) is 3. The molecule has 0 saturated heterocycles. The number of carbonyl (C=O) groups excluding carboxylic acids is 1. The number of thiophene rings is 1. The maximum atomic E-state index is 12.0. The summed E-state index contributed by atoms with van der Waals surface area (Å²) in [5.74, 6) is -0.129. The average Bonchev–Trinajstić information content (AvgIpc) is 2.79. The van der Waals surface area contributed by atoms with Gasteiger partial charge in [-0.05, 0) is 37.2 Å². The molecule has 4 nitrogen and oxygen atoms in total. The van der Waals surface area contributed by atoms with E-state index in [1.54, 1.807) is 6.08 Å². The van der Waals surface area contributed by atoms with Gasteiger partial charge in [-0.15, -0.1) is 17.9 Å². The van der Waals surface area contributed by atoms with Gasteiger partial charge < -0.3 is 16.4 Å². The van der Waals surface area contributed by atoms with E-state index in [1.807, 2.05) is 6.07 Å². The summed E-state index contributed by atoms with van der Waals surface area (Å²) >= 11 is 1.43. The van der Waals surface area contributed by atoms with Crippen LogP contribution in [0, 0.1) is 5.41 Å². The molecule has 1 heterocycles. The number of carbonyl (C=O) groups is 1. The van der Waals surface area contributed by atoms with Gasteiger partial charge in [-0.2, -0.15) is 0 Å². The van der Waals surface area contributed by atoms with Gasteiger partial charge in [0.15, 0.2) is 0 Å². The number of nitrogens with two attached hydrogens (primary N) is 1. The highest BCUT2D eigenvalue weighted by Crippen LogP contribution is 2.37. The van der Waals surface area contributed by atoms with E-state index in [2.05, 4.69) is 31.1 Å². The molecule has 5 heteroatoms. The molecule has 1 amide bonds. The van der Waals surface area contributed by atoms with Crippen molar-refractivity contribution >= 4 is 27.9 Å². The Labute approximate surface area is 130 Å². The Morgan fingerprint density at radius 3 is 2.81 bits per heavy atom. The van der Waals surface area contributed by atoms with E-state index in [0.29, 0.717) is 28.6 Å². The Bertz CT molecular complexity index is 512. The first-order chi connectivity index (χ1) is 9.91. The molecule has 1 aliphatic rings. The molecule has 0 aromatic carbocycles. The number of nitrogen functional groups attached to an aromatic ring is 1. The van der Waals surface area contributed by atoms with E-state index >= 15 is 0 Å². The predicted molar refractivity (Wildman–Crippen MR) is 90.9 cm³/mol. The topological polar surface area (TPSA) is 67.2 Å². The smallest absolute Gasteiger partial charge is 0.263 e. The molecule has 0 radical (unpaired) electrons. The van der Waals surface area contributed by atoms with Crippen molar-refractivity contribution in [3.63, 3.8) is 0 Å². The van der Waals surface area contributed by atoms with Crippen LogP contribution in [0.4, 0.5) is 10.7 Å². The Hall–Kier alpha value is -1.49. The molecule has 1 saturated carbocycles. The van der Waals surface area contributed by atoms with Gasteiger partial charge in [-0.1, -0.05) is 19.9 Å². The first-order valence-electron chi connectivity index (χ1n) is 7.46. The molecule has 116 valence electrons. The summed E-state index contributed by atoms with van der Waals surface area (Å²) in [6, 6.07) is 2.35. The standard InChI is InChI=1S/C16H25N3OS/c1-4-9-18-15(20)14-12(17)10-13(21-14)19-11-5-7-16(2,3)8-6-11/h4,10-11,19H,1,5-9,17H2,2-3H3,(H,18,20). The molecular formula is C16H25N3OS. The average molecular weight is 307 g/mol. The van der Waals surface area contributed by atoms with Gasteiger partial charge in [0.05, 0.1) is 10.7 Å². The molecule has 1 aliphatic carbocycles. The Morgan fingerprint density at radius 2 is 2.19 bits per heavy atom. The van der Waals surface area contributed by atoms with E-state index < -0.39 is 0 Å². The molecule has 2 rings (SSSR count). The van der Waals surface area contributed by atoms with Gasteiger partial charge in [0, 0.05) is 12.6 Å². The molecule has 0 bridgehead atoms. The van der Waals surface area contributed by atoms with Crippen LogP contribution in [0.5, 0.6) is 0 Å². The fraction of sp³-hybridized carbons (Fsp3) is 0.562. The van der Waals surface area contributed by atoms with Crippen LogP contribution >= 0.6 is 11.3 Å². The molecule has 0 spiro atoms. The maximum Gasteiger partial charge on any atom is 0.263 e. The number of amides is 1. The Morgan fingerprint density at radius 1 is 1.52 bits per heavy atom. The summed E-state index contributed by atoms with van der Waals surface area (Å²) < 4.78 is 0. The second-order valence-corrected chi connectivity index (χ2v) is 7.53. The van der Waals surface area contributed by atoms with Crippen molar-refractivity contribution in [1.82, 2.24) is 5.32 Å². The van der Waals surface area contributed by atoms with E-state index in [4.69, 9.17) is 5.73 Å². The van der Waals surface area contributed by atoms with Crippen molar-refractivity contribution in [3.8, 4) is 0 Å². The molecule has 0 aliphatic heterocycles. The molecule has 21 heavy (non-hydrogen) atoms. The molecule has 1 fully saturated rings. The first kappa shape index (κ1) is 15.9. The van der Waals surface area contributed by atoms with Gasteiger partial charge in [0.25, 0.3) is 5.91 Å². The minimum Gasteiger partial charge on any atom is -0.397 e. The van der Waals surface area contributed by atoms with Crippen LogP contribution in [0.3, 0.4) is 0 Å². The second kappa shape index (κ2) is 6.52. The maximum absolute atomic E-state index is 12.0. The fourth-order valence-corrected chi connectivity index (χ4v) is 3.62. The van der Waals surface area contributed by atoms with Crippen molar-refractivity contribution in [2.45, 2.75) is 45.6 Å². The summed E-state index contributed by atoms with van der Waals surface area (Å²) in [6.07, 6.45) is 6.46. The van der Waals surface area contributed by atoms with Gasteiger partial charge >= 0.3 is 0 Å². The van der Waals surface area contributed by atoms with Crippen molar-refractivity contribution < 1.29 is 4.79 Å². The summed E-state index contributed by atoms with van der Waals surface area (Å²) in [5.41, 5.74) is 6.95. The monoisotopic (exact) mass is 307 g/mol. The van der Waals surface area contributed by atoms with Crippen LogP contribution in [0.15, 0.2) is 18.7 Å². The summed E-state index contributed by atoms with van der Waals surface area (Å²) in [7, 11) is 0. The second-order valence-electron chi connectivity index (χ2n) is 6.48. The largest absolute Gasteiger partial charge is 0.397 e. The number of hydrogen-bond acceptors (Lipinski definition) is 4. The molecule has 4 N–H and O–H groups in total. The van der Waals surface area contributed by atoms with Gasteiger partial charge in [-0.25, -0.2) is 0 Å².